The molecule has 1 aromatic rings. The van der Waals surface area contributed by atoms with Crippen LogP contribution in [0.1, 0.15) is 25.0 Å². The molecule has 18 heavy (non-hydrogen) atoms. The molecule has 0 aliphatic rings. The maximum absolute atomic E-state index is 11.7. The van der Waals surface area contributed by atoms with Crippen LogP contribution in [-0.4, -0.2) is 25.2 Å². The standard InChI is InChI=1S/C12H17NO4S/c1-3-9-6-5-7-10(4-2)12(9)13-18(16,17)8-11(14)15/h5-7,13H,3-4,8H2,1-2H3,(H,14,15). The minimum Gasteiger partial charge on any atom is -0.480 e. The van der Waals surface area contributed by atoms with E-state index in [2.05, 4.69) is 4.72 Å². The van der Waals surface area contributed by atoms with Crippen LogP contribution < -0.4 is 4.72 Å². The van der Waals surface area contributed by atoms with Gasteiger partial charge in [0.25, 0.3) is 0 Å². The highest BCUT2D eigenvalue weighted by molar-refractivity contribution is 7.93. The third kappa shape index (κ3) is 3.73. The maximum atomic E-state index is 11.7. The minimum atomic E-state index is -3.85. The largest absolute Gasteiger partial charge is 0.480 e. The number of anilines is 1. The quantitative estimate of drug-likeness (QED) is 0.823. The van der Waals surface area contributed by atoms with E-state index >= 15 is 0 Å². The maximum Gasteiger partial charge on any atom is 0.320 e. The summed E-state index contributed by atoms with van der Waals surface area (Å²) in [5, 5.41) is 8.56. The monoisotopic (exact) mass is 271 g/mol. The van der Waals surface area contributed by atoms with Crippen LogP contribution in [0.3, 0.4) is 0 Å². The Bertz CT molecular complexity index is 515. The highest BCUT2D eigenvalue weighted by Gasteiger charge is 2.18. The Morgan fingerprint density at radius 3 is 2.11 bits per heavy atom. The lowest BCUT2D eigenvalue weighted by atomic mass is 10.0. The number of rotatable bonds is 6. The van der Waals surface area contributed by atoms with E-state index in [0.29, 0.717) is 18.5 Å². The Morgan fingerprint density at radius 1 is 1.22 bits per heavy atom. The summed E-state index contributed by atoms with van der Waals surface area (Å²) in [6, 6.07) is 5.53. The van der Waals surface area contributed by atoms with Crippen LogP contribution in [0, 0.1) is 0 Å². The van der Waals surface area contributed by atoms with E-state index in [4.69, 9.17) is 5.11 Å². The Labute approximate surface area is 107 Å². The lowest BCUT2D eigenvalue weighted by molar-refractivity contribution is -0.134. The summed E-state index contributed by atoms with van der Waals surface area (Å²) in [6.45, 7) is 3.84. The molecule has 2 N–H and O–H groups in total. The molecule has 0 fully saturated rings. The molecule has 0 radical (unpaired) electrons. The first-order valence-electron chi connectivity index (χ1n) is 5.72. The molecule has 6 heteroatoms. The highest BCUT2D eigenvalue weighted by atomic mass is 32.2. The van der Waals surface area contributed by atoms with E-state index < -0.39 is 21.7 Å². The third-order valence-electron chi connectivity index (χ3n) is 2.57. The third-order valence-corrected chi connectivity index (χ3v) is 3.71. The van der Waals surface area contributed by atoms with Crippen LogP contribution in [0.2, 0.25) is 0 Å². The van der Waals surface area contributed by atoms with Gasteiger partial charge in [-0.15, -0.1) is 0 Å². The second-order valence-electron chi connectivity index (χ2n) is 3.91. The van der Waals surface area contributed by atoms with Crippen molar-refractivity contribution in [2.75, 3.05) is 10.5 Å². The van der Waals surface area contributed by atoms with Gasteiger partial charge in [-0.25, -0.2) is 8.42 Å². The van der Waals surface area contributed by atoms with E-state index in [0.717, 1.165) is 11.1 Å². The van der Waals surface area contributed by atoms with E-state index in [1.807, 2.05) is 32.0 Å². The van der Waals surface area contributed by atoms with Crippen molar-refractivity contribution in [2.24, 2.45) is 0 Å². The molecule has 0 aliphatic heterocycles. The Kier molecular flexibility index (Phi) is 4.72. The fourth-order valence-corrected chi connectivity index (χ4v) is 2.70. The number of benzene rings is 1. The topological polar surface area (TPSA) is 83.5 Å². The number of aryl methyl sites for hydroxylation is 2. The second-order valence-corrected chi connectivity index (χ2v) is 5.64. The van der Waals surface area contributed by atoms with Crippen LogP contribution in [0.25, 0.3) is 0 Å². The fraction of sp³-hybridized carbons (Fsp3) is 0.417. The number of carboxylic acid groups (broad SMARTS) is 1. The Morgan fingerprint density at radius 2 is 1.72 bits per heavy atom. The van der Waals surface area contributed by atoms with Crippen molar-refractivity contribution in [2.45, 2.75) is 26.7 Å². The van der Waals surface area contributed by atoms with Crippen molar-refractivity contribution in [3.8, 4) is 0 Å². The number of para-hydroxylation sites is 1. The average molecular weight is 271 g/mol. The number of aliphatic carboxylic acids is 1. The predicted molar refractivity (Wildman–Crippen MR) is 70.2 cm³/mol. The molecule has 0 spiro atoms. The van der Waals surface area contributed by atoms with Crippen LogP contribution in [0.5, 0.6) is 0 Å². The molecular formula is C12H17NO4S. The molecule has 100 valence electrons. The Balaban J connectivity index is 3.13. The molecule has 0 unspecified atom stereocenters. The van der Waals surface area contributed by atoms with Crippen molar-refractivity contribution in [3.63, 3.8) is 0 Å². The molecule has 0 saturated heterocycles. The zero-order valence-corrected chi connectivity index (χ0v) is 11.3. The zero-order valence-electron chi connectivity index (χ0n) is 10.4. The van der Waals surface area contributed by atoms with E-state index in [1.54, 1.807) is 0 Å². The average Bonchev–Trinajstić information content (AvgIpc) is 2.27. The molecule has 5 nitrogen and oxygen atoms in total. The number of carbonyl (C=O) groups is 1. The molecule has 0 amide bonds. The summed E-state index contributed by atoms with van der Waals surface area (Å²) < 4.78 is 25.7. The molecule has 0 saturated carbocycles. The molecule has 0 atom stereocenters. The van der Waals surface area contributed by atoms with E-state index in [-0.39, 0.29) is 0 Å². The normalized spacial score (nSPS) is 11.2. The zero-order chi connectivity index (χ0) is 13.8. The van der Waals surface area contributed by atoms with Gasteiger partial charge in [-0.2, -0.15) is 0 Å². The van der Waals surface area contributed by atoms with Crippen LogP contribution in [0.15, 0.2) is 18.2 Å². The molecule has 0 aromatic heterocycles. The summed E-state index contributed by atoms with van der Waals surface area (Å²) >= 11 is 0. The van der Waals surface area contributed by atoms with Crippen molar-refractivity contribution in [1.82, 2.24) is 0 Å². The van der Waals surface area contributed by atoms with Gasteiger partial charge in [0.15, 0.2) is 5.75 Å². The molecule has 0 aliphatic carbocycles. The van der Waals surface area contributed by atoms with Crippen molar-refractivity contribution < 1.29 is 18.3 Å². The minimum absolute atomic E-state index is 0.517. The van der Waals surface area contributed by atoms with Gasteiger partial charge >= 0.3 is 5.97 Å². The van der Waals surface area contributed by atoms with Gasteiger partial charge in [0.05, 0.1) is 5.69 Å². The Hall–Kier alpha value is -1.56. The van der Waals surface area contributed by atoms with Gasteiger partial charge in [-0.1, -0.05) is 32.0 Å². The molecular weight excluding hydrogens is 254 g/mol. The predicted octanol–water partition coefficient (Wildman–Crippen LogP) is 1.64. The summed E-state index contributed by atoms with van der Waals surface area (Å²) in [5.41, 5.74) is 2.25. The first kappa shape index (κ1) is 14.5. The first-order valence-corrected chi connectivity index (χ1v) is 7.38. The number of hydrogen-bond donors (Lipinski definition) is 2. The van der Waals surface area contributed by atoms with Gasteiger partial charge in [0, 0.05) is 0 Å². The number of nitrogens with one attached hydrogen (secondary N) is 1. The molecule has 1 rings (SSSR count). The van der Waals surface area contributed by atoms with Crippen molar-refractivity contribution in [3.05, 3.63) is 29.3 Å². The SMILES string of the molecule is CCc1cccc(CC)c1NS(=O)(=O)CC(=O)O. The summed E-state index contributed by atoms with van der Waals surface area (Å²) in [4.78, 5) is 10.5. The van der Waals surface area contributed by atoms with Gasteiger partial charge in [-0.3, -0.25) is 9.52 Å². The van der Waals surface area contributed by atoms with E-state index in [1.165, 1.54) is 0 Å². The van der Waals surface area contributed by atoms with Crippen LogP contribution >= 0.6 is 0 Å². The number of carboxylic acids is 1. The van der Waals surface area contributed by atoms with Gasteiger partial charge in [0.2, 0.25) is 10.0 Å². The smallest absolute Gasteiger partial charge is 0.320 e. The van der Waals surface area contributed by atoms with Crippen LogP contribution in [0.4, 0.5) is 5.69 Å². The summed E-state index contributed by atoms with van der Waals surface area (Å²) in [6.07, 6.45) is 1.36. The molecule has 1 aromatic carbocycles. The van der Waals surface area contributed by atoms with Crippen LogP contribution in [-0.2, 0) is 27.7 Å². The summed E-state index contributed by atoms with van der Waals surface area (Å²) in [7, 11) is -3.85. The van der Waals surface area contributed by atoms with Crippen molar-refractivity contribution >= 4 is 21.7 Å². The lowest BCUT2D eigenvalue weighted by Crippen LogP contribution is -2.23. The van der Waals surface area contributed by atoms with Gasteiger partial charge in [-0.05, 0) is 24.0 Å². The lowest BCUT2D eigenvalue weighted by Gasteiger charge is -2.14. The summed E-state index contributed by atoms with van der Waals surface area (Å²) in [5.74, 6) is -2.29. The van der Waals surface area contributed by atoms with Crippen molar-refractivity contribution in [1.29, 1.82) is 0 Å². The van der Waals surface area contributed by atoms with E-state index in [9.17, 15) is 13.2 Å². The molecule has 0 heterocycles. The second kappa shape index (κ2) is 5.86. The fourth-order valence-electron chi connectivity index (χ4n) is 1.73. The molecule has 0 bridgehead atoms. The number of sulfonamides is 1. The van der Waals surface area contributed by atoms with Gasteiger partial charge < -0.3 is 5.11 Å². The first-order chi connectivity index (χ1) is 8.39. The highest BCUT2D eigenvalue weighted by Crippen LogP contribution is 2.23. The van der Waals surface area contributed by atoms with Gasteiger partial charge in [0.1, 0.15) is 0 Å². The number of hydrogen-bond acceptors (Lipinski definition) is 3.